The van der Waals surface area contributed by atoms with Crippen LogP contribution in [0.3, 0.4) is 0 Å². The van der Waals surface area contributed by atoms with Gasteiger partial charge in [0.2, 0.25) is 11.8 Å². The van der Waals surface area contributed by atoms with Crippen LogP contribution in [0.15, 0.2) is 76.9 Å². The highest BCUT2D eigenvalue weighted by Gasteiger charge is 2.51. The Labute approximate surface area is 560 Å². The molecule has 0 radical (unpaired) electrons. The van der Waals surface area contributed by atoms with E-state index in [1.807, 2.05) is 95.3 Å². The summed E-state index contributed by atoms with van der Waals surface area (Å²) in [5.41, 5.74) is 8.87. The molecule has 2 N–H and O–H groups in total. The Kier molecular flexibility index (Phi) is 19.0. The number of thiazole rings is 1. The molecule has 3 aromatic carbocycles. The first kappa shape index (κ1) is 67.4. The number of anilines is 1. The maximum atomic E-state index is 18.1. The predicted molar refractivity (Wildman–Crippen MR) is 367 cm³/mol. The summed E-state index contributed by atoms with van der Waals surface area (Å²) in [5.74, 6) is 1.39. The third-order valence-electron chi connectivity index (χ3n) is 20.9. The second kappa shape index (κ2) is 26.8. The number of nitrogens with one attached hydrogen (secondary N) is 1. The number of aryl methyl sites for hydroxylation is 1. The fourth-order valence-corrected chi connectivity index (χ4v) is 22.3. The standard InChI is InChI=1S/C73H90F2N10O8SSi/c1-41(2)61(69(88)83-37-53(86)32-58(83)68(87)78-45(9)47-18-20-49(21-19-47)66-46(10)77-40-94-66)59-33-60(81-93-59)90-38-52-26-29-73(28-15-30-84(52)73)39-91-70-79-65-56(67(80-70)82-35-50-23-24-51(36-82)85(50)71(89)92-72(11,12)13)34-76-64(63(65)75)55-17-14-16-48-22-25-57(74)54(62(48)55)27-31-95(42(3)4,43(5)6)44(7)8/h14,16-22,25,33-34,40-45,50-53,58,61,86H,15,23-24,26,28-30,32,35-39H2,1-13H3,(H,78,87)/t45-,50-,51+,52-,53+,58-,61?,73-/m0/s1. The Morgan fingerprint density at radius 2 is 1.62 bits per heavy atom. The topological polar surface area (TPSA) is 202 Å². The number of fused-ring (bicyclic) bond motifs is 5. The first-order valence-electron chi connectivity index (χ1n) is 33.9. The van der Waals surface area contributed by atoms with E-state index in [9.17, 15) is 19.5 Å². The van der Waals surface area contributed by atoms with Crippen LogP contribution in [-0.2, 0) is 14.3 Å². The average Bonchev–Trinajstić information content (AvgIpc) is 0.882. The van der Waals surface area contributed by atoms with E-state index in [0.29, 0.717) is 63.0 Å². The van der Waals surface area contributed by atoms with E-state index in [4.69, 9.17) is 33.7 Å². The maximum Gasteiger partial charge on any atom is 0.410 e. The molecule has 504 valence electrons. The van der Waals surface area contributed by atoms with E-state index < -0.39 is 48.9 Å². The van der Waals surface area contributed by atoms with Crippen LogP contribution in [0.5, 0.6) is 11.9 Å². The van der Waals surface area contributed by atoms with Gasteiger partial charge in [-0.25, -0.2) is 18.6 Å². The molecule has 22 heteroatoms. The molecule has 0 aliphatic carbocycles. The molecule has 5 aliphatic heterocycles. The second-order valence-corrected chi connectivity index (χ2v) is 35.7. The van der Waals surface area contributed by atoms with Crippen molar-refractivity contribution in [1.82, 2.24) is 45.1 Å². The third kappa shape index (κ3) is 13.0. The van der Waals surface area contributed by atoms with Gasteiger partial charge >= 0.3 is 12.1 Å². The molecule has 9 heterocycles. The number of benzene rings is 3. The second-order valence-electron chi connectivity index (χ2n) is 29.3. The number of amides is 3. The number of rotatable bonds is 18. The lowest BCUT2D eigenvalue weighted by atomic mass is 9.91. The summed E-state index contributed by atoms with van der Waals surface area (Å²) < 4.78 is 59.6. The van der Waals surface area contributed by atoms with E-state index in [-0.39, 0.29) is 103 Å². The van der Waals surface area contributed by atoms with Crippen molar-refractivity contribution in [3.05, 3.63) is 107 Å². The zero-order valence-corrected chi connectivity index (χ0v) is 58.8. The highest BCUT2D eigenvalue weighted by molar-refractivity contribution is 7.13. The van der Waals surface area contributed by atoms with Gasteiger partial charge in [0.05, 0.1) is 56.8 Å². The summed E-state index contributed by atoms with van der Waals surface area (Å²) in [7, 11) is -2.33. The first-order chi connectivity index (χ1) is 45.2. The Hall–Kier alpha value is -7.58. The number of hydrogen-bond donors (Lipinski definition) is 2. The zero-order chi connectivity index (χ0) is 67.6. The minimum Gasteiger partial charge on any atom is -0.474 e. The lowest BCUT2D eigenvalue weighted by molar-refractivity contribution is -0.141. The molecule has 0 saturated carbocycles. The van der Waals surface area contributed by atoms with Crippen molar-refractivity contribution in [1.29, 1.82) is 0 Å². The molecule has 12 rings (SSSR count). The number of nitrogens with zero attached hydrogens (tertiary/aromatic N) is 9. The number of aromatic nitrogens is 5. The number of halogens is 2. The molecule has 2 bridgehead atoms. The van der Waals surface area contributed by atoms with Crippen LogP contribution >= 0.6 is 11.3 Å². The number of aliphatic hydroxyl groups is 1. The number of β-amino-alcohol motifs (C(OH)–C–C–N with tert-alkyl or cyclic N) is 1. The van der Waals surface area contributed by atoms with Gasteiger partial charge in [-0.05, 0) is 130 Å². The number of ether oxygens (including phenoxy) is 3. The molecule has 1 unspecified atom stereocenters. The van der Waals surface area contributed by atoms with Crippen LogP contribution < -0.4 is 19.7 Å². The summed E-state index contributed by atoms with van der Waals surface area (Å²) in [6.07, 6.45) is 5.29. The van der Waals surface area contributed by atoms with Crippen LogP contribution in [0.4, 0.5) is 19.4 Å². The van der Waals surface area contributed by atoms with Gasteiger partial charge < -0.3 is 39.0 Å². The van der Waals surface area contributed by atoms with Crippen LogP contribution in [0.25, 0.3) is 43.4 Å². The smallest absolute Gasteiger partial charge is 0.410 e. The van der Waals surface area contributed by atoms with E-state index in [1.54, 1.807) is 35.7 Å². The summed E-state index contributed by atoms with van der Waals surface area (Å²) in [6.45, 7) is 28.7. The van der Waals surface area contributed by atoms with Gasteiger partial charge in [0, 0.05) is 55.3 Å². The highest BCUT2D eigenvalue weighted by Crippen LogP contribution is 2.46. The van der Waals surface area contributed by atoms with Gasteiger partial charge in [0.1, 0.15) is 61.7 Å². The number of aliphatic hydroxyl groups excluding tert-OH is 1. The average molecular weight is 1330 g/mol. The summed E-state index contributed by atoms with van der Waals surface area (Å²) >= 11 is 1.58. The minimum absolute atomic E-state index is 0.000944. The summed E-state index contributed by atoms with van der Waals surface area (Å²) in [6, 6.07) is 16.6. The predicted octanol–water partition coefficient (Wildman–Crippen LogP) is 13.7. The number of hydrogen-bond acceptors (Lipinski definition) is 16. The molecule has 18 nitrogen and oxygen atoms in total. The fourth-order valence-electron chi connectivity index (χ4n) is 16.3. The van der Waals surface area contributed by atoms with E-state index in [1.165, 1.54) is 11.0 Å². The van der Waals surface area contributed by atoms with Crippen molar-refractivity contribution in [3.8, 4) is 45.1 Å². The molecule has 3 amide bonds. The Balaban J connectivity index is 0.782. The molecular weight excluding hydrogens is 1240 g/mol. The Morgan fingerprint density at radius 3 is 2.29 bits per heavy atom. The van der Waals surface area contributed by atoms with E-state index in [2.05, 4.69) is 78.3 Å². The summed E-state index contributed by atoms with van der Waals surface area (Å²) in [5, 5.41) is 19.9. The van der Waals surface area contributed by atoms with E-state index >= 15 is 8.78 Å². The van der Waals surface area contributed by atoms with Gasteiger partial charge in [0.15, 0.2) is 11.6 Å². The SMILES string of the molecule is Cc1ncsc1-c1ccc([C@H](C)NC(=O)[C@@H]2C[C@@H](O)CN2C(=O)C(c2cc(OC[C@@H]3CC[C@]4(COc5nc(N6C[C@H]7CC[C@@H](C6)N7C(=O)OC(C)(C)C)c6cnc(-c7cccc8ccc(F)c(C#C[Si](C(C)C)(C(C)C)C(C)C)c78)c(F)c6n5)CCCN34)no2)C(C)C)cc1. The maximum absolute atomic E-state index is 18.1. The Morgan fingerprint density at radius 1 is 0.895 bits per heavy atom. The van der Waals surface area contributed by atoms with Crippen LogP contribution in [0.1, 0.15) is 163 Å². The Bertz CT molecular complexity index is 4050. The minimum atomic E-state index is -2.33. The molecule has 5 aliphatic rings. The van der Waals surface area contributed by atoms with Crippen molar-refractivity contribution < 1.29 is 47.0 Å². The molecule has 0 spiro atoms. The van der Waals surface area contributed by atoms with Crippen LogP contribution in [0, 0.1) is 35.9 Å². The fraction of sp³-hybridized carbons (Fsp3) is 0.534. The quantitative estimate of drug-likeness (QED) is 0.0606. The van der Waals surface area contributed by atoms with Gasteiger partial charge in [0.25, 0.3) is 5.88 Å². The lowest BCUT2D eigenvalue weighted by Crippen LogP contribution is -2.57. The molecule has 4 aromatic heterocycles. The number of pyridine rings is 1. The lowest BCUT2D eigenvalue weighted by Gasteiger charge is -2.42. The molecule has 5 saturated heterocycles. The first-order valence-corrected chi connectivity index (χ1v) is 37.0. The molecule has 95 heavy (non-hydrogen) atoms. The number of piperazine rings is 1. The van der Waals surface area contributed by atoms with Crippen molar-refractivity contribution in [2.24, 2.45) is 5.92 Å². The molecule has 7 aromatic rings. The van der Waals surface area contributed by atoms with Gasteiger partial charge in [-0.3, -0.25) is 24.4 Å². The molecular formula is C73H90F2N10O8SSi. The normalized spacial score (nSPS) is 22.1. The van der Waals surface area contributed by atoms with Gasteiger partial charge in [-0.15, -0.1) is 16.9 Å². The van der Waals surface area contributed by atoms with Crippen molar-refractivity contribution in [2.75, 3.05) is 44.3 Å². The number of likely N-dealkylation sites (tertiary alicyclic amines) is 1. The number of carbonyl (C=O) groups excluding carboxylic acids is 3. The monoisotopic (exact) mass is 1330 g/mol. The van der Waals surface area contributed by atoms with E-state index in [0.717, 1.165) is 66.8 Å². The largest absolute Gasteiger partial charge is 0.474 e. The summed E-state index contributed by atoms with van der Waals surface area (Å²) in [4.78, 5) is 70.5. The van der Waals surface area contributed by atoms with Crippen molar-refractivity contribution >= 4 is 64.8 Å². The highest BCUT2D eigenvalue weighted by atomic mass is 32.1. The van der Waals surface area contributed by atoms with Crippen LogP contribution in [-0.4, -0.2) is 152 Å². The third-order valence-corrected chi connectivity index (χ3v) is 28.1. The van der Waals surface area contributed by atoms with Crippen molar-refractivity contribution in [2.45, 2.75) is 205 Å². The van der Waals surface area contributed by atoms with Crippen LogP contribution in [0.2, 0.25) is 16.6 Å². The van der Waals surface area contributed by atoms with Crippen molar-refractivity contribution in [3.63, 3.8) is 0 Å². The molecule has 8 atom stereocenters. The molecule has 5 fully saturated rings. The van der Waals surface area contributed by atoms with Gasteiger partial charge in [-0.1, -0.05) is 110 Å². The number of carbonyl (C=O) groups is 3. The zero-order valence-electron chi connectivity index (χ0n) is 57.0. The van der Waals surface area contributed by atoms with Gasteiger partial charge in [-0.2, -0.15) is 9.97 Å².